The van der Waals surface area contributed by atoms with Crippen molar-refractivity contribution in [2.45, 2.75) is 32.6 Å². The molecule has 1 aliphatic rings. The number of hydrogen-bond donors (Lipinski definition) is 1. The van der Waals surface area contributed by atoms with Crippen LogP contribution in [-0.2, 0) is 0 Å². The van der Waals surface area contributed by atoms with Crippen LogP contribution < -0.4 is 5.32 Å². The van der Waals surface area contributed by atoms with Gasteiger partial charge in [0.1, 0.15) is 0 Å². The van der Waals surface area contributed by atoms with Gasteiger partial charge in [-0.05, 0) is 37.5 Å². The van der Waals surface area contributed by atoms with Gasteiger partial charge in [0.15, 0.2) is 0 Å². The monoisotopic (exact) mass is 201 g/mol. The molecule has 0 bridgehead atoms. The number of nitrogens with one attached hydrogen (secondary N) is 1. The molecule has 0 aliphatic heterocycles. The molecule has 1 nitrogen and oxygen atoms in total. The molecule has 0 aromatic rings. The van der Waals surface area contributed by atoms with E-state index >= 15 is 0 Å². The second kappa shape index (κ2) is 6.72. The van der Waals surface area contributed by atoms with Crippen molar-refractivity contribution in [3.05, 3.63) is 0 Å². The van der Waals surface area contributed by atoms with Crippen LogP contribution in [0, 0.1) is 11.8 Å². The molecule has 1 aliphatic carbocycles. The summed E-state index contributed by atoms with van der Waals surface area (Å²) in [5.41, 5.74) is 0. The van der Waals surface area contributed by atoms with Gasteiger partial charge in [0.05, 0.1) is 0 Å². The van der Waals surface area contributed by atoms with E-state index in [-0.39, 0.29) is 0 Å². The van der Waals surface area contributed by atoms with Gasteiger partial charge in [0.25, 0.3) is 0 Å². The highest BCUT2D eigenvalue weighted by Crippen LogP contribution is 2.27. The molecule has 0 saturated heterocycles. The summed E-state index contributed by atoms with van der Waals surface area (Å²) in [4.78, 5) is 0. The van der Waals surface area contributed by atoms with Crippen LogP contribution >= 0.6 is 11.8 Å². The Morgan fingerprint density at radius 3 is 2.54 bits per heavy atom. The second-order valence-electron chi connectivity index (χ2n) is 4.32. The largest absolute Gasteiger partial charge is 0.316 e. The summed E-state index contributed by atoms with van der Waals surface area (Å²) in [5, 5.41) is 3.55. The predicted molar refractivity (Wildman–Crippen MR) is 62.4 cm³/mol. The van der Waals surface area contributed by atoms with E-state index in [0.717, 1.165) is 11.8 Å². The Bertz CT molecular complexity index is 119. The van der Waals surface area contributed by atoms with E-state index in [1.807, 2.05) is 11.8 Å². The molecule has 1 rings (SSSR count). The van der Waals surface area contributed by atoms with Crippen LogP contribution in [0.1, 0.15) is 32.6 Å². The van der Waals surface area contributed by atoms with Gasteiger partial charge in [-0.25, -0.2) is 0 Å². The summed E-state index contributed by atoms with van der Waals surface area (Å²) in [6, 6.07) is 0. The zero-order valence-corrected chi connectivity index (χ0v) is 9.83. The van der Waals surface area contributed by atoms with Crippen molar-refractivity contribution in [3.8, 4) is 0 Å². The van der Waals surface area contributed by atoms with Gasteiger partial charge in [-0.2, -0.15) is 11.8 Å². The minimum Gasteiger partial charge on any atom is -0.316 e. The van der Waals surface area contributed by atoms with Gasteiger partial charge in [0.2, 0.25) is 0 Å². The highest BCUT2D eigenvalue weighted by molar-refractivity contribution is 7.98. The predicted octanol–water partition coefficient (Wildman–Crippen LogP) is 2.77. The van der Waals surface area contributed by atoms with Crippen molar-refractivity contribution in [2.24, 2.45) is 11.8 Å². The van der Waals surface area contributed by atoms with Crippen molar-refractivity contribution in [1.29, 1.82) is 0 Å². The number of rotatable bonds is 5. The van der Waals surface area contributed by atoms with E-state index in [1.54, 1.807) is 0 Å². The molecule has 1 saturated carbocycles. The molecular weight excluding hydrogens is 178 g/mol. The maximum absolute atomic E-state index is 3.55. The van der Waals surface area contributed by atoms with Gasteiger partial charge < -0.3 is 5.32 Å². The Morgan fingerprint density at radius 1 is 1.23 bits per heavy atom. The topological polar surface area (TPSA) is 12.0 Å². The lowest BCUT2D eigenvalue weighted by molar-refractivity contribution is 0.283. The molecule has 2 heteroatoms. The molecule has 1 N–H and O–H groups in total. The van der Waals surface area contributed by atoms with Gasteiger partial charge in [0, 0.05) is 12.3 Å². The van der Waals surface area contributed by atoms with Gasteiger partial charge in [-0.1, -0.05) is 19.8 Å². The minimum atomic E-state index is 0.970. The summed E-state index contributed by atoms with van der Waals surface area (Å²) in [6.45, 7) is 4.83. The van der Waals surface area contributed by atoms with E-state index in [4.69, 9.17) is 0 Å². The third kappa shape index (κ3) is 4.92. The van der Waals surface area contributed by atoms with E-state index in [2.05, 4.69) is 18.5 Å². The molecule has 78 valence electrons. The van der Waals surface area contributed by atoms with Gasteiger partial charge >= 0.3 is 0 Å². The summed E-state index contributed by atoms with van der Waals surface area (Å²) in [6.07, 6.45) is 7.98. The second-order valence-corrected chi connectivity index (χ2v) is 5.31. The molecule has 0 heterocycles. The molecule has 0 aromatic carbocycles. The molecule has 0 atom stereocenters. The normalized spacial score (nSPS) is 29.1. The lowest BCUT2D eigenvalue weighted by Crippen LogP contribution is -2.27. The lowest BCUT2D eigenvalue weighted by Gasteiger charge is -2.26. The maximum Gasteiger partial charge on any atom is 0.00553 e. The van der Waals surface area contributed by atoms with E-state index in [1.165, 1.54) is 44.5 Å². The minimum absolute atomic E-state index is 0.970. The van der Waals surface area contributed by atoms with Crippen molar-refractivity contribution in [2.75, 3.05) is 25.1 Å². The molecule has 1 fully saturated rings. The average Bonchev–Trinajstić information content (AvgIpc) is 2.15. The first kappa shape index (κ1) is 11.4. The van der Waals surface area contributed by atoms with Crippen molar-refractivity contribution in [3.63, 3.8) is 0 Å². The summed E-state index contributed by atoms with van der Waals surface area (Å²) in [7, 11) is 0. The Balaban J connectivity index is 1.96. The fourth-order valence-electron chi connectivity index (χ4n) is 2.01. The van der Waals surface area contributed by atoms with Crippen LogP contribution in [0.2, 0.25) is 0 Å². The Hall–Kier alpha value is 0.310. The smallest absolute Gasteiger partial charge is 0.00553 e. The molecule has 0 unspecified atom stereocenters. The Morgan fingerprint density at radius 2 is 1.92 bits per heavy atom. The summed E-state index contributed by atoms with van der Waals surface area (Å²) < 4.78 is 0. The SMILES string of the molecule is CSCCNCC1CCC(C)CC1. The zero-order chi connectivity index (χ0) is 9.52. The van der Waals surface area contributed by atoms with Crippen LogP contribution in [0.3, 0.4) is 0 Å². The zero-order valence-electron chi connectivity index (χ0n) is 9.01. The van der Waals surface area contributed by atoms with E-state index < -0.39 is 0 Å². The molecule has 0 spiro atoms. The van der Waals surface area contributed by atoms with Crippen LogP contribution in [0.15, 0.2) is 0 Å². The van der Waals surface area contributed by atoms with Crippen molar-refractivity contribution >= 4 is 11.8 Å². The van der Waals surface area contributed by atoms with Crippen LogP contribution in [0.25, 0.3) is 0 Å². The summed E-state index contributed by atoms with van der Waals surface area (Å²) in [5.74, 6) is 3.21. The van der Waals surface area contributed by atoms with Crippen LogP contribution in [0.4, 0.5) is 0 Å². The van der Waals surface area contributed by atoms with E-state index in [9.17, 15) is 0 Å². The third-order valence-electron chi connectivity index (χ3n) is 3.05. The van der Waals surface area contributed by atoms with Crippen molar-refractivity contribution < 1.29 is 0 Å². The van der Waals surface area contributed by atoms with E-state index in [0.29, 0.717) is 0 Å². The number of thioether (sulfide) groups is 1. The fraction of sp³-hybridized carbons (Fsp3) is 1.00. The molecule has 13 heavy (non-hydrogen) atoms. The average molecular weight is 201 g/mol. The van der Waals surface area contributed by atoms with Gasteiger partial charge in [-0.3, -0.25) is 0 Å². The highest BCUT2D eigenvalue weighted by atomic mass is 32.2. The Kier molecular flexibility index (Phi) is 5.88. The van der Waals surface area contributed by atoms with Crippen LogP contribution in [-0.4, -0.2) is 25.1 Å². The third-order valence-corrected chi connectivity index (χ3v) is 3.66. The first-order chi connectivity index (χ1) is 6.33. The summed E-state index contributed by atoms with van der Waals surface area (Å²) >= 11 is 1.93. The molecule has 0 aromatic heterocycles. The quantitative estimate of drug-likeness (QED) is 0.687. The molecule has 0 radical (unpaired) electrons. The number of hydrogen-bond acceptors (Lipinski definition) is 2. The molecule has 0 amide bonds. The van der Waals surface area contributed by atoms with Gasteiger partial charge in [-0.15, -0.1) is 0 Å². The standard InChI is InChI=1S/C11H23NS/c1-10-3-5-11(6-4-10)9-12-7-8-13-2/h10-12H,3-9H2,1-2H3. The Labute approximate surface area is 87.1 Å². The highest BCUT2D eigenvalue weighted by Gasteiger charge is 2.17. The first-order valence-corrected chi connectivity index (χ1v) is 6.92. The van der Waals surface area contributed by atoms with Crippen molar-refractivity contribution in [1.82, 2.24) is 5.32 Å². The fourth-order valence-corrected chi connectivity index (χ4v) is 2.36. The van der Waals surface area contributed by atoms with Crippen LogP contribution in [0.5, 0.6) is 0 Å². The lowest BCUT2D eigenvalue weighted by atomic mass is 9.83. The maximum atomic E-state index is 3.55. The first-order valence-electron chi connectivity index (χ1n) is 5.52. The molecular formula is C11H23NS.